The number of aromatic nitrogens is 1. The maximum absolute atomic E-state index is 12.7. The fourth-order valence-electron chi connectivity index (χ4n) is 4.58. The van der Waals surface area contributed by atoms with Crippen LogP contribution in [-0.2, 0) is 20.9 Å². The highest BCUT2D eigenvalue weighted by atomic mass is 16.4. The second-order valence-corrected chi connectivity index (χ2v) is 8.35. The van der Waals surface area contributed by atoms with Crippen LogP contribution in [-0.4, -0.2) is 62.9 Å². The first-order valence-corrected chi connectivity index (χ1v) is 9.89. The van der Waals surface area contributed by atoms with Crippen molar-refractivity contribution in [2.75, 3.05) is 19.6 Å². The summed E-state index contributed by atoms with van der Waals surface area (Å²) in [5.74, 6) is -0.527. The maximum Gasteiger partial charge on any atom is 0.326 e. The molecule has 146 valence electrons. The Morgan fingerprint density at radius 3 is 2.33 bits per heavy atom. The van der Waals surface area contributed by atoms with Crippen LogP contribution in [0.1, 0.15) is 38.5 Å². The number of carbonyl (C=O) groups excluding carboxylic acids is 2. The molecule has 1 N–H and O–H groups in total. The van der Waals surface area contributed by atoms with E-state index in [0.717, 1.165) is 25.7 Å². The Labute approximate surface area is 158 Å². The van der Waals surface area contributed by atoms with Gasteiger partial charge in [0.05, 0.1) is 0 Å². The number of aliphatic carboxylic acids is 1. The van der Waals surface area contributed by atoms with Gasteiger partial charge in [-0.2, -0.15) is 0 Å². The van der Waals surface area contributed by atoms with Crippen LogP contribution in [0.2, 0.25) is 0 Å². The van der Waals surface area contributed by atoms with Gasteiger partial charge in [0.25, 0.3) is 0 Å². The van der Waals surface area contributed by atoms with Gasteiger partial charge in [0.2, 0.25) is 11.8 Å². The van der Waals surface area contributed by atoms with Crippen molar-refractivity contribution in [2.45, 2.75) is 51.1 Å². The van der Waals surface area contributed by atoms with Gasteiger partial charge >= 0.3 is 5.97 Å². The first-order chi connectivity index (χ1) is 13.0. The summed E-state index contributed by atoms with van der Waals surface area (Å²) in [6, 6.07) is 3.07. The lowest BCUT2D eigenvalue weighted by Gasteiger charge is -2.39. The number of carboxylic acids is 1. The van der Waals surface area contributed by atoms with Gasteiger partial charge < -0.3 is 19.5 Å². The molecule has 1 spiro atoms. The summed E-state index contributed by atoms with van der Waals surface area (Å²) < 4.78 is 1.93. The van der Waals surface area contributed by atoms with E-state index in [1.165, 1.54) is 0 Å². The second kappa shape index (κ2) is 7.02. The fraction of sp³-hybridized carbons (Fsp3) is 0.650. The molecule has 1 atom stereocenters. The Hall–Kier alpha value is -2.31. The van der Waals surface area contributed by atoms with E-state index in [4.69, 9.17) is 0 Å². The zero-order valence-corrected chi connectivity index (χ0v) is 15.5. The van der Waals surface area contributed by atoms with Gasteiger partial charge in [0, 0.05) is 50.9 Å². The number of likely N-dealkylation sites (tertiary alicyclic amines) is 2. The molecule has 7 nitrogen and oxygen atoms in total. The predicted octanol–water partition coefficient (Wildman–Crippen LogP) is 1.58. The molecule has 2 saturated heterocycles. The van der Waals surface area contributed by atoms with Crippen LogP contribution in [0.5, 0.6) is 0 Å². The Kier molecular flexibility index (Phi) is 4.70. The van der Waals surface area contributed by atoms with Crippen molar-refractivity contribution >= 4 is 17.8 Å². The lowest BCUT2D eigenvalue weighted by atomic mass is 9.76. The van der Waals surface area contributed by atoms with Crippen LogP contribution in [0, 0.1) is 11.3 Å². The summed E-state index contributed by atoms with van der Waals surface area (Å²) in [6.07, 6.45) is 8.20. The summed E-state index contributed by atoms with van der Waals surface area (Å²) in [7, 11) is 0. The molecule has 0 aromatic carbocycles. The molecule has 7 heteroatoms. The molecule has 3 heterocycles. The van der Waals surface area contributed by atoms with Crippen molar-refractivity contribution in [1.82, 2.24) is 14.4 Å². The number of amides is 2. The average Bonchev–Trinajstić information content (AvgIpc) is 3.25. The quantitative estimate of drug-likeness (QED) is 0.850. The van der Waals surface area contributed by atoms with E-state index in [0.29, 0.717) is 39.0 Å². The number of rotatable bonds is 5. The van der Waals surface area contributed by atoms with Gasteiger partial charge in [-0.1, -0.05) is 0 Å². The molecule has 0 unspecified atom stereocenters. The zero-order valence-electron chi connectivity index (χ0n) is 15.5. The monoisotopic (exact) mass is 373 g/mol. The van der Waals surface area contributed by atoms with Gasteiger partial charge in [-0.15, -0.1) is 0 Å². The Balaban J connectivity index is 1.38. The van der Waals surface area contributed by atoms with Gasteiger partial charge in [-0.05, 0) is 49.7 Å². The van der Waals surface area contributed by atoms with Gasteiger partial charge in [-0.3, -0.25) is 9.59 Å². The average molecular weight is 373 g/mol. The van der Waals surface area contributed by atoms with E-state index in [1.807, 2.05) is 34.0 Å². The van der Waals surface area contributed by atoms with Crippen molar-refractivity contribution in [2.24, 2.45) is 11.3 Å². The number of hydrogen-bond acceptors (Lipinski definition) is 3. The van der Waals surface area contributed by atoms with Crippen LogP contribution in [0.15, 0.2) is 24.5 Å². The molecule has 2 amide bonds. The third-order valence-electron chi connectivity index (χ3n) is 6.43. The highest BCUT2D eigenvalue weighted by Crippen LogP contribution is 2.44. The molecule has 1 aromatic rings. The lowest BCUT2D eigenvalue weighted by Crippen LogP contribution is -2.45. The topological polar surface area (TPSA) is 82.8 Å². The highest BCUT2D eigenvalue weighted by Gasteiger charge is 2.50. The zero-order chi connectivity index (χ0) is 19.0. The molecule has 3 fully saturated rings. The van der Waals surface area contributed by atoms with E-state index in [9.17, 15) is 19.5 Å². The summed E-state index contributed by atoms with van der Waals surface area (Å²) >= 11 is 0. The van der Waals surface area contributed by atoms with Gasteiger partial charge in [0.1, 0.15) is 6.04 Å². The standard InChI is InChI=1S/C20H27N3O4/c24-17(5-10-21-8-1-2-9-21)23-14-20(13-16(23)19(26)27)6-11-22(12-7-20)18(25)15-3-4-15/h1-2,8-9,15-16H,3-7,10-14H2,(H,26,27)/t16-/m1/s1. The van der Waals surface area contributed by atoms with Crippen molar-refractivity contribution in [3.63, 3.8) is 0 Å². The second-order valence-electron chi connectivity index (χ2n) is 8.35. The van der Waals surface area contributed by atoms with E-state index in [1.54, 1.807) is 4.90 Å². The Morgan fingerprint density at radius 2 is 1.74 bits per heavy atom. The van der Waals surface area contributed by atoms with Gasteiger partial charge in [-0.25, -0.2) is 4.79 Å². The van der Waals surface area contributed by atoms with Gasteiger partial charge in [0.15, 0.2) is 0 Å². The molecule has 27 heavy (non-hydrogen) atoms. The van der Waals surface area contributed by atoms with E-state index < -0.39 is 12.0 Å². The number of nitrogens with zero attached hydrogens (tertiary/aromatic N) is 3. The summed E-state index contributed by atoms with van der Waals surface area (Å²) in [4.78, 5) is 40.3. The molecule has 0 radical (unpaired) electrons. The van der Waals surface area contributed by atoms with Crippen molar-refractivity contribution in [3.8, 4) is 0 Å². The first-order valence-electron chi connectivity index (χ1n) is 9.89. The molecule has 1 saturated carbocycles. The predicted molar refractivity (Wildman–Crippen MR) is 97.8 cm³/mol. The molecular weight excluding hydrogens is 346 g/mol. The molecular formula is C20H27N3O4. The number of aryl methyl sites for hydroxylation is 1. The minimum Gasteiger partial charge on any atom is -0.480 e. The van der Waals surface area contributed by atoms with Crippen LogP contribution < -0.4 is 0 Å². The third kappa shape index (κ3) is 3.73. The summed E-state index contributed by atoms with van der Waals surface area (Å²) in [6.45, 7) is 2.44. The SMILES string of the molecule is O=C(O)[C@H]1CC2(CCN(C(=O)C3CC3)CC2)CN1C(=O)CCn1cccc1. The largest absolute Gasteiger partial charge is 0.480 e. The molecule has 3 aliphatic rings. The maximum atomic E-state index is 12.7. The van der Waals surface area contributed by atoms with Crippen molar-refractivity contribution in [1.29, 1.82) is 0 Å². The van der Waals surface area contributed by atoms with Crippen molar-refractivity contribution < 1.29 is 19.5 Å². The number of piperidine rings is 1. The fourth-order valence-corrected chi connectivity index (χ4v) is 4.58. The number of carbonyl (C=O) groups is 3. The van der Waals surface area contributed by atoms with E-state index in [-0.39, 0.29) is 23.1 Å². The molecule has 1 aromatic heterocycles. The third-order valence-corrected chi connectivity index (χ3v) is 6.43. The van der Waals surface area contributed by atoms with E-state index >= 15 is 0 Å². The Morgan fingerprint density at radius 1 is 1.07 bits per heavy atom. The van der Waals surface area contributed by atoms with Crippen LogP contribution in [0.3, 0.4) is 0 Å². The highest BCUT2D eigenvalue weighted by molar-refractivity contribution is 5.84. The minimum atomic E-state index is -0.919. The molecule has 2 aliphatic heterocycles. The van der Waals surface area contributed by atoms with Crippen LogP contribution in [0.25, 0.3) is 0 Å². The van der Waals surface area contributed by atoms with Crippen molar-refractivity contribution in [3.05, 3.63) is 24.5 Å². The van der Waals surface area contributed by atoms with Crippen LogP contribution >= 0.6 is 0 Å². The minimum absolute atomic E-state index is 0.0931. The Bertz CT molecular complexity index is 718. The van der Waals surface area contributed by atoms with E-state index in [2.05, 4.69) is 0 Å². The normalized spacial score (nSPS) is 24.4. The summed E-state index contributed by atoms with van der Waals surface area (Å²) in [5.41, 5.74) is -0.160. The first kappa shape index (κ1) is 18.1. The smallest absolute Gasteiger partial charge is 0.326 e. The summed E-state index contributed by atoms with van der Waals surface area (Å²) in [5, 5.41) is 9.66. The number of hydrogen-bond donors (Lipinski definition) is 1. The molecule has 0 bridgehead atoms. The number of carboxylic acid groups (broad SMARTS) is 1. The molecule has 4 rings (SSSR count). The van der Waals surface area contributed by atoms with Crippen LogP contribution in [0.4, 0.5) is 0 Å². The lowest BCUT2D eigenvalue weighted by molar-refractivity contribution is -0.148. The molecule has 1 aliphatic carbocycles.